The normalized spacial score (nSPS) is 14.4. The van der Waals surface area contributed by atoms with E-state index in [-0.39, 0.29) is 25.0 Å². The van der Waals surface area contributed by atoms with Crippen LogP contribution in [-0.4, -0.2) is 60.3 Å². The Morgan fingerprint density at radius 3 is 2.05 bits per heavy atom. The molecule has 2 amide bonds. The molecular weight excluding hydrogens is 518 g/mol. The van der Waals surface area contributed by atoms with Crippen LogP contribution in [0.15, 0.2) is 78.9 Å². The number of hydrogen-bond acceptors (Lipinski definition) is 5. The van der Waals surface area contributed by atoms with Crippen LogP contribution in [0.3, 0.4) is 0 Å². The first-order valence-corrected chi connectivity index (χ1v) is 14.1. The van der Waals surface area contributed by atoms with Crippen molar-refractivity contribution in [3.8, 4) is 11.1 Å². The minimum atomic E-state index is -1.10. The Bertz CT molecular complexity index is 1300. The molecular formula is C33H39N3O5. The van der Waals surface area contributed by atoms with Gasteiger partial charge in [0.15, 0.2) is 0 Å². The van der Waals surface area contributed by atoms with Crippen molar-refractivity contribution in [1.82, 2.24) is 15.5 Å². The van der Waals surface area contributed by atoms with Crippen molar-refractivity contribution in [3.05, 3.63) is 95.6 Å². The molecule has 0 spiro atoms. The smallest absolute Gasteiger partial charge is 0.407 e. The van der Waals surface area contributed by atoms with Crippen molar-refractivity contribution in [2.75, 3.05) is 20.2 Å². The molecule has 0 saturated carbocycles. The summed E-state index contributed by atoms with van der Waals surface area (Å²) >= 11 is 0. The molecule has 41 heavy (non-hydrogen) atoms. The number of nitrogens with one attached hydrogen (secondary N) is 2. The van der Waals surface area contributed by atoms with Crippen LogP contribution in [0.1, 0.15) is 49.3 Å². The molecule has 0 heterocycles. The van der Waals surface area contributed by atoms with Crippen molar-refractivity contribution >= 4 is 18.0 Å². The fourth-order valence-corrected chi connectivity index (χ4v) is 5.31. The molecule has 3 N–H and O–H groups in total. The molecule has 216 valence electrons. The standard InChI is InChI=1S/C33H39N3O5/c1-4-22(2)18-29(32(38)39)34-31(37)30(20-36(3)19-23-12-6-5-7-13-23)35-33(40)41-21-28-26-16-10-8-14-24(26)25-15-9-11-17-27(25)28/h5-17,22,28-30H,4,18-21H2,1-3H3,(H,34,37)(H,35,40)(H,38,39). The van der Waals surface area contributed by atoms with Crippen molar-refractivity contribution in [2.24, 2.45) is 5.92 Å². The Hall–Kier alpha value is -4.17. The number of fused-ring (bicyclic) bond motifs is 3. The summed E-state index contributed by atoms with van der Waals surface area (Å²) in [6, 6.07) is 23.8. The van der Waals surface area contributed by atoms with E-state index in [1.165, 1.54) is 0 Å². The van der Waals surface area contributed by atoms with Gasteiger partial charge in [-0.3, -0.25) is 9.69 Å². The molecule has 1 aliphatic rings. The summed E-state index contributed by atoms with van der Waals surface area (Å²) in [5.74, 6) is -1.66. The quantitative estimate of drug-likeness (QED) is 0.272. The number of nitrogens with zero attached hydrogens (tertiary/aromatic N) is 1. The maximum atomic E-state index is 13.4. The zero-order valence-electron chi connectivity index (χ0n) is 23.9. The molecule has 1 aliphatic carbocycles. The van der Waals surface area contributed by atoms with Gasteiger partial charge in [-0.2, -0.15) is 0 Å². The van der Waals surface area contributed by atoms with Crippen LogP contribution in [-0.2, 0) is 20.9 Å². The summed E-state index contributed by atoms with van der Waals surface area (Å²) in [5, 5.41) is 15.1. The summed E-state index contributed by atoms with van der Waals surface area (Å²) in [6.07, 6.45) is 0.365. The lowest BCUT2D eigenvalue weighted by atomic mass is 9.98. The Morgan fingerprint density at radius 2 is 1.46 bits per heavy atom. The number of aliphatic carboxylic acids is 1. The zero-order valence-corrected chi connectivity index (χ0v) is 23.9. The highest BCUT2D eigenvalue weighted by Crippen LogP contribution is 2.44. The number of likely N-dealkylation sites (N-methyl/N-ethyl adjacent to an activating group) is 1. The zero-order chi connectivity index (χ0) is 29.4. The number of rotatable bonds is 13. The summed E-state index contributed by atoms with van der Waals surface area (Å²) in [6.45, 7) is 4.75. The fraction of sp³-hybridized carbons (Fsp3) is 0.364. The SMILES string of the molecule is CCC(C)CC(NC(=O)C(CN(C)Cc1ccccc1)NC(=O)OCC1c2ccccc2-c2ccccc21)C(=O)O. The topological polar surface area (TPSA) is 108 Å². The molecule has 3 atom stereocenters. The van der Waals surface area contributed by atoms with Crippen molar-refractivity contribution in [2.45, 2.75) is 51.2 Å². The van der Waals surface area contributed by atoms with Gasteiger partial charge in [-0.1, -0.05) is 99.1 Å². The highest BCUT2D eigenvalue weighted by atomic mass is 16.5. The molecule has 0 bridgehead atoms. The van der Waals surface area contributed by atoms with Crippen LogP contribution in [0.2, 0.25) is 0 Å². The average Bonchev–Trinajstić information content (AvgIpc) is 3.29. The van der Waals surface area contributed by atoms with Gasteiger partial charge in [0.2, 0.25) is 5.91 Å². The Morgan fingerprint density at radius 1 is 0.878 bits per heavy atom. The second-order valence-corrected chi connectivity index (χ2v) is 10.9. The van der Waals surface area contributed by atoms with E-state index in [4.69, 9.17) is 4.74 Å². The monoisotopic (exact) mass is 557 g/mol. The number of carbonyl (C=O) groups excluding carboxylic acids is 2. The van der Waals surface area contributed by atoms with Gasteiger partial charge in [0.1, 0.15) is 18.7 Å². The van der Waals surface area contributed by atoms with E-state index >= 15 is 0 Å². The molecule has 4 rings (SSSR count). The lowest BCUT2D eigenvalue weighted by molar-refractivity contribution is -0.142. The first-order valence-electron chi connectivity index (χ1n) is 14.1. The van der Waals surface area contributed by atoms with E-state index < -0.39 is 30.1 Å². The molecule has 0 aliphatic heterocycles. The van der Waals surface area contributed by atoms with Gasteiger partial charge in [0.25, 0.3) is 0 Å². The number of alkyl carbamates (subject to hydrolysis) is 1. The number of carboxylic acids is 1. The Balaban J connectivity index is 1.45. The van der Waals surface area contributed by atoms with Crippen LogP contribution in [0.5, 0.6) is 0 Å². The maximum Gasteiger partial charge on any atom is 0.407 e. The number of ether oxygens (including phenoxy) is 1. The predicted octanol–water partition coefficient (Wildman–Crippen LogP) is 5.03. The van der Waals surface area contributed by atoms with Gasteiger partial charge in [-0.25, -0.2) is 9.59 Å². The number of benzene rings is 3. The number of amides is 2. The third kappa shape index (κ3) is 7.73. The van der Waals surface area contributed by atoms with Crippen LogP contribution < -0.4 is 10.6 Å². The second kappa shape index (κ2) is 13.9. The number of carbonyl (C=O) groups is 3. The van der Waals surface area contributed by atoms with Crippen LogP contribution in [0.4, 0.5) is 4.79 Å². The summed E-state index contributed by atoms with van der Waals surface area (Å²) in [7, 11) is 1.85. The summed E-state index contributed by atoms with van der Waals surface area (Å²) in [4.78, 5) is 40.3. The second-order valence-electron chi connectivity index (χ2n) is 10.9. The van der Waals surface area contributed by atoms with E-state index in [2.05, 4.69) is 22.8 Å². The largest absolute Gasteiger partial charge is 0.480 e. The molecule has 3 aromatic rings. The van der Waals surface area contributed by atoms with E-state index in [0.29, 0.717) is 13.0 Å². The Kier molecular flexibility index (Phi) is 10.1. The molecule has 8 heteroatoms. The molecule has 0 saturated heterocycles. The van der Waals surface area contributed by atoms with Gasteiger partial charge in [-0.15, -0.1) is 0 Å². The Labute approximate surface area is 241 Å². The molecule has 3 unspecified atom stereocenters. The van der Waals surface area contributed by atoms with Gasteiger partial charge >= 0.3 is 12.1 Å². The van der Waals surface area contributed by atoms with Crippen LogP contribution in [0.25, 0.3) is 11.1 Å². The molecule has 3 aromatic carbocycles. The van der Waals surface area contributed by atoms with Crippen molar-refractivity contribution in [3.63, 3.8) is 0 Å². The highest BCUT2D eigenvalue weighted by Gasteiger charge is 2.31. The van der Waals surface area contributed by atoms with E-state index in [1.807, 2.05) is 92.5 Å². The number of hydrogen-bond donors (Lipinski definition) is 3. The molecule has 0 radical (unpaired) electrons. The van der Waals surface area contributed by atoms with Crippen LogP contribution >= 0.6 is 0 Å². The van der Waals surface area contributed by atoms with E-state index in [1.54, 1.807) is 0 Å². The third-order valence-electron chi connectivity index (χ3n) is 7.69. The predicted molar refractivity (Wildman–Crippen MR) is 158 cm³/mol. The average molecular weight is 558 g/mol. The molecule has 0 fully saturated rings. The van der Waals surface area contributed by atoms with Crippen molar-refractivity contribution < 1.29 is 24.2 Å². The van der Waals surface area contributed by atoms with Gasteiger partial charge < -0.3 is 20.5 Å². The van der Waals surface area contributed by atoms with Gasteiger partial charge in [0, 0.05) is 19.0 Å². The van der Waals surface area contributed by atoms with Gasteiger partial charge in [-0.05, 0) is 47.2 Å². The lowest BCUT2D eigenvalue weighted by Gasteiger charge is -2.26. The minimum Gasteiger partial charge on any atom is -0.480 e. The first-order chi connectivity index (χ1) is 19.8. The molecule has 0 aromatic heterocycles. The van der Waals surface area contributed by atoms with E-state index in [9.17, 15) is 19.5 Å². The number of carboxylic acid groups (broad SMARTS) is 1. The van der Waals surface area contributed by atoms with E-state index in [0.717, 1.165) is 34.2 Å². The third-order valence-corrected chi connectivity index (χ3v) is 7.69. The fourth-order valence-electron chi connectivity index (χ4n) is 5.31. The van der Waals surface area contributed by atoms with Crippen molar-refractivity contribution in [1.29, 1.82) is 0 Å². The minimum absolute atomic E-state index is 0.111. The van der Waals surface area contributed by atoms with Crippen LogP contribution in [0, 0.1) is 5.92 Å². The summed E-state index contributed by atoms with van der Waals surface area (Å²) in [5.41, 5.74) is 5.48. The lowest BCUT2D eigenvalue weighted by Crippen LogP contribution is -2.55. The maximum absolute atomic E-state index is 13.4. The highest BCUT2D eigenvalue weighted by molar-refractivity contribution is 5.89. The summed E-state index contributed by atoms with van der Waals surface area (Å²) < 4.78 is 5.69. The van der Waals surface area contributed by atoms with Gasteiger partial charge in [0.05, 0.1) is 0 Å². The first kappa shape index (κ1) is 29.8. The molecule has 8 nitrogen and oxygen atoms in total.